The van der Waals surface area contributed by atoms with Crippen LogP contribution in [0.3, 0.4) is 0 Å². The molecule has 1 atom stereocenters. The number of nitrogens with zero attached hydrogens (tertiary/aromatic N) is 5. The molecule has 0 amide bonds. The third-order valence-electron chi connectivity index (χ3n) is 6.88. The topological polar surface area (TPSA) is 103 Å². The Kier molecular flexibility index (Phi) is 8.51. The predicted octanol–water partition coefficient (Wildman–Crippen LogP) is 5.95. The third kappa shape index (κ3) is 7.28. The van der Waals surface area contributed by atoms with Gasteiger partial charge < -0.3 is 19.5 Å². The first-order chi connectivity index (χ1) is 18.3. The predicted molar refractivity (Wildman–Crippen MR) is 151 cm³/mol. The van der Waals surface area contributed by atoms with Gasteiger partial charge in [0.1, 0.15) is 12.4 Å². The molecule has 10 heteroatoms. The summed E-state index contributed by atoms with van der Waals surface area (Å²) < 4.78 is 13.7. The van der Waals surface area contributed by atoms with E-state index in [2.05, 4.69) is 33.8 Å². The van der Waals surface area contributed by atoms with Crippen molar-refractivity contribution in [2.75, 3.05) is 24.6 Å². The number of ether oxygens (including phenoxy) is 2. The van der Waals surface area contributed by atoms with Crippen LogP contribution in [0.1, 0.15) is 64.8 Å². The van der Waals surface area contributed by atoms with Gasteiger partial charge in [0, 0.05) is 42.3 Å². The normalized spacial score (nSPS) is 16.2. The van der Waals surface area contributed by atoms with E-state index in [1.54, 1.807) is 29.5 Å². The summed E-state index contributed by atoms with van der Waals surface area (Å²) in [5.41, 5.74) is 3.07. The second kappa shape index (κ2) is 11.5. The Hall–Kier alpha value is -3.17. The van der Waals surface area contributed by atoms with Gasteiger partial charge in [-0.05, 0) is 58.1 Å². The molecule has 1 fully saturated rings. The summed E-state index contributed by atoms with van der Waals surface area (Å²) in [4.78, 5) is 24.1. The highest BCUT2D eigenvalue weighted by molar-refractivity contribution is 6.30. The molecule has 0 unspecified atom stereocenters. The fourth-order valence-electron chi connectivity index (χ4n) is 4.72. The zero-order chi connectivity index (χ0) is 28.4. The van der Waals surface area contributed by atoms with Crippen LogP contribution in [0.4, 0.5) is 5.69 Å². The molecule has 1 aliphatic rings. The van der Waals surface area contributed by atoms with Crippen LogP contribution in [0.25, 0.3) is 11.3 Å². The number of hydrogen-bond donors (Lipinski definition) is 1. The van der Waals surface area contributed by atoms with Gasteiger partial charge in [0.15, 0.2) is 6.10 Å². The number of carboxylic acid groups (broad SMARTS) is 1. The minimum absolute atomic E-state index is 0.228. The Morgan fingerprint density at radius 1 is 1.15 bits per heavy atom. The lowest BCUT2D eigenvalue weighted by molar-refractivity contribution is -0.160. The van der Waals surface area contributed by atoms with Crippen molar-refractivity contribution in [3.63, 3.8) is 0 Å². The van der Waals surface area contributed by atoms with Crippen molar-refractivity contribution in [2.45, 2.75) is 72.6 Å². The molecule has 4 rings (SSSR count). The number of pyridine rings is 2. The van der Waals surface area contributed by atoms with Crippen molar-refractivity contribution >= 4 is 23.3 Å². The summed E-state index contributed by atoms with van der Waals surface area (Å²) in [5.74, 6) is -0.418. The number of anilines is 1. The first kappa shape index (κ1) is 28.8. The third-order valence-corrected chi connectivity index (χ3v) is 7.08. The Morgan fingerprint density at radius 3 is 2.44 bits per heavy atom. The van der Waals surface area contributed by atoms with Gasteiger partial charge >= 0.3 is 5.97 Å². The second-order valence-corrected chi connectivity index (χ2v) is 12.2. The van der Waals surface area contributed by atoms with Crippen LogP contribution >= 0.6 is 11.6 Å². The molecule has 9 nitrogen and oxygen atoms in total. The van der Waals surface area contributed by atoms with Crippen molar-refractivity contribution in [3.05, 3.63) is 53.2 Å². The minimum atomic E-state index is -1.17. The first-order valence-electron chi connectivity index (χ1n) is 13.3. The Labute approximate surface area is 235 Å². The molecule has 4 heterocycles. The summed E-state index contributed by atoms with van der Waals surface area (Å²) in [6.45, 7) is 14.5. The maximum atomic E-state index is 12.5. The van der Waals surface area contributed by atoms with E-state index in [1.165, 1.54) is 0 Å². The highest BCUT2D eigenvalue weighted by Crippen LogP contribution is 2.43. The molecule has 210 valence electrons. The van der Waals surface area contributed by atoms with E-state index in [0.717, 1.165) is 37.2 Å². The standard InChI is InChI=1S/C29H38ClN5O4/c1-19-24(26(27(36)37)39-28(2,3)4)25(34-11-9-29(5,6)10-12-34)22(17-31-19)23-8-7-21(16-32-23)38-14-13-35-18-20(30)15-33-35/h7-8,15-18,26H,9-14H2,1-6H3,(H,36,37)/t26-/m0/s1. The summed E-state index contributed by atoms with van der Waals surface area (Å²) in [6, 6.07) is 3.75. The summed E-state index contributed by atoms with van der Waals surface area (Å²) in [6.07, 6.45) is 7.61. The van der Waals surface area contributed by atoms with Gasteiger partial charge in [0.25, 0.3) is 0 Å². The molecule has 3 aromatic rings. The summed E-state index contributed by atoms with van der Waals surface area (Å²) in [5, 5.41) is 15.0. The van der Waals surface area contributed by atoms with E-state index < -0.39 is 17.7 Å². The van der Waals surface area contributed by atoms with Gasteiger partial charge in [0.05, 0.1) is 40.9 Å². The molecule has 1 saturated heterocycles. The maximum Gasteiger partial charge on any atom is 0.337 e. The first-order valence-corrected chi connectivity index (χ1v) is 13.6. The van der Waals surface area contributed by atoms with Crippen molar-refractivity contribution in [1.82, 2.24) is 19.7 Å². The molecule has 39 heavy (non-hydrogen) atoms. The van der Waals surface area contributed by atoms with Crippen LogP contribution in [0.2, 0.25) is 5.02 Å². The van der Waals surface area contributed by atoms with Gasteiger partial charge in [0.2, 0.25) is 0 Å². The number of rotatable bonds is 9. The molecule has 0 bridgehead atoms. The molecule has 0 aliphatic carbocycles. The van der Waals surface area contributed by atoms with Gasteiger partial charge in [-0.2, -0.15) is 5.10 Å². The Morgan fingerprint density at radius 2 is 1.87 bits per heavy atom. The molecular formula is C29H38ClN5O4. The fourth-order valence-corrected chi connectivity index (χ4v) is 4.87. The van der Waals surface area contributed by atoms with Gasteiger partial charge in [-0.15, -0.1) is 0 Å². The SMILES string of the molecule is Cc1ncc(-c2ccc(OCCn3cc(Cl)cn3)cn2)c(N2CCC(C)(C)CC2)c1[C@H](OC(C)(C)C)C(=O)O. The van der Waals surface area contributed by atoms with Crippen LogP contribution in [0, 0.1) is 12.3 Å². The van der Waals surface area contributed by atoms with Crippen LogP contribution in [0.5, 0.6) is 5.75 Å². The fraction of sp³-hybridized carbons (Fsp3) is 0.517. The lowest BCUT2D eigenvalue weighted by Gasteiger charge is -2.40. The number of halogens is 1. The van der Waals surface area contributed by atoms with E-state index in [4.69, 9.17) is 21.1 Å². The molecule has 1 aliphatic heterocycles. The van der Waals surface area contributed by atoms with E-state index in [9.17, 15) is 9.90 Å². The minimum Gasteiger partial charge on any atom is -0.490 e. The molecular weight excluding hydrogens is 518 g/mol. The summed E-state index contributed by atoms with van der Waals surface area (Å²) in [7, 11) is 0. The Bertz CT molecular complexity index is 1290. The van der Waals surface area contributed by atoms with Crippen LogP contribution in [-0.4, -0.2) is 56.1 Å². The highest BCUT2D eigenvalue weighted by atomic mass is 35.5. The molecule has 0 aromatic carbocycles. The van der Waals surface area contributed by atoms with Crippen molar-refractivity contribution in [2.24, 2.45) is 5.41 Å². The van der Waals surface area contributed by atoms with Crippen LogP contribution < -0.4 is 9.64 Å². The highest BCUT2D eigenvalue weighted by Gasteiger charge is 2.36. The number of aliphatic carboxylic acids is 1. The van der Waals surface area contributed by atoms with Crippen LogP contribution in [0.15, 0.2) is 36.9 Å². The largest absolute Gasteiger partial charge is 0.490 e. The smallest absolute Gasteiger partial charge is 0.337 e. The number of hydrogen-bond acceptors (Lipinski definition) is 7. The maximum absolute atomic E-state index is 12.5. The monoisotopic (exact) mass is 555 g/mol. The van der Waals surface area contributed by atoms with Crippen molar-refractivity contribution in [3.8, 4) is 17.0 Å². The van der Waals surface area contributed by atoms with E-state index in [0.29, 0.717) is 40.9 Å². The number of carboxylic acids is 1. The quantitative estimate of drug-likeness (QED) is 0.345. The second-order valence-electron chi connectivity index (χ2n) is 11.8. The number of piperidine rings is 1. The number of carbonyl (C=O) groups is 1. The molecule has 0 radical (unpaired) electrons. The van der Waals surface area contributed by atoms with Gasteiger partial charge in [-0.3, -0.25) is 14.6 Å². The van der Waals surface area contributed by atoms with E-state index >= 15 is 0 Å². The molecule has 3 aromatic heterocycles. The van der Waals surface area contributed by atoms with Gasteiger partial charge in [-0.25, -0.2) is 4.79 Å². The zero-order valence-electron chi connectivity index (χ0n) is 23.6. The van der Waals surface area contributed by atoms with Gasteiger partial charge in [-0.1, -0.05) is 25.4 Å². The van der Waals surface area contributed by atoms with E-state index in [-0.39, 0.29) is 5.41 Å². The molecule has 1 N–H and O–H groups in total. The zero-order valence-corrected chi connectivity index (χ0v) is 24.3. The van der Waals surface area contributed by atoms with Crippen molar-refractivity contribution in [1.29, 1.82) is 0 Å². The Balaban J connectivity index is 1.69. The molecule has 0 spiro atoms. The lowest BCUT2D eigenvalue weighted by atomic mass is 9.82. The summed E-state index contributed by atoms with van der Waals surface area (Å²) >= 11 is 5.92. The van der Waals surface area contributed by atoms with Crippen LogP contribution in [-0.2, 0) is 16.1 Å². The lowest BCUT2D eigenvalue weighted by Crippen LogP contribution is -2.39. The van der Waals surface area contributed by atoms with E-state index in [1.807, 2.05) is 39.8 Å². The number of aromatic nitrogens is 4. The van der Waals surface area contributed by atoms with Crippen molar-refractivity contribution < 1.29 is 19.4 Å². The number of aryl methyl sites for hydroxylation is 1. The average molecular weight is 556 g/mol. The average Bonchev–Trinajstić information content (AvgIpc) is 3.27. The molecule has 0 saturated carbocycles.